The van der Waals surface area contributed by atoms with E-state index in [9.17, 15) is 9.59 Å². The zero-order valence-corrected chi connectivity index (χ0v) is 13.7. The predicted octanol–water partition coefficient (Wildman–Crippen LogP) is 2.86. The third kappa shape index (κ3) is 3.00. The van der Waals surface area contributed by atoms with Crippen molar-refractivity contribution in [3.8, 4) is 0 Å². The molecule has 1 N–H and O–H groups in total. The molecule has 5 nitrogen and oxygen atoms in total. The maximum Gasteiger partial charge on any atom is 0.259 e. The average molecular weight is 313 g/mol. The molecule has 0 bridgehead atoms. The van der Waals surface area contributed by atoms with Gasteiger partial charge in [0.05, 0.1) is 11.7 Å². The van der Waals surface area contributed by atoms with E-state index in [4.69, 9.17) is 0 Å². The molecular weight excluding hydrogens is 290 g/mol. The Bertz CT molecular complexity index is 631. The van der Waals surface area contributed by atoms with Crippen molar-refractivity contribution in [3.63, 3.8) is 0 Å². The Morgan fingerprint density at radius 1 is 1.09 bits per heavy atom. The number of carbonyl (C=O) groups excluding carboxylic acids is 2. The van der Waals surface area contributed by atoms with Crippen LogP contribution >= 0.6 is 0 Å². The van der Waals surface area contributed by atoms with Gasteiger partial charge in [0, 0.05) is 0 Å². The Hall–Kier alpha value is -2.17. The summed E-state index contributed by atoms with van der Waals surface area (Å²) in [6.07, 6.45) is 5.57. The molecule has 1 saturated heterocycles. The molecule has 0 atom stereocenters. The van der Waals surface area contributed by atoms with Crippen LogP contribution in [-0.4, -0.2) is 23.6 Å². The van der Waals surface area contributed by atoms with Crippen LogP contribution in [0.4, 0.5) is 5.69 Å². The quantitative estimate of drug-likeness (QED) is 0.854. The standard InChI is InChI=1S/C18H23N3O2/c1-18(2)15(22)16(19-13-9-5-3-6-10-13)20-21(17(18)23)14-11-7-4-8-12-14/h4,7-8,11-13H,3,5-6,9-10H2,1-2H3,(H,19,20). The van der Waals surface area contributed by atoms with E-state index >= 15 is 0 Å². The molecule has 0 radical (unpaired) electrons. The zero-order chi connectivity index (χ0) is 16.4. The number of aliphatic imine (C=N–C) groups is 1. The van der Waals surface area contributed by atoms with Gasteiger partial charge >= 0.3 is 0 Å². The van der Waals surface area contributed by atoms with Gasteiger partial charge in [-0.1, -0.05) is 37.5 Å². The van der Waals surface area contributed by atoms with Gasteiger partial charge in [-0.05, 0) is 38.8 Å². The smallest absolute Gasteiger partial charge is 0.259 e. The largest absolute Gasteiger partial charge is 0.289 e. The lowest BCUT2D eigenvalue weighted by Crippen LogP contribution is -2.63. The number of amidine groups is 1. The van der Waals surface area contributed by atoms with Crippen molar-refractivity contribution in [2.75, 3.05) is 5.01 Å². The van der Waals surface area contributed by atoms with Crippen LogP contribution in [0.3, 0.4) is 0 Å². The number of rotatable bonds is 2. The summed E-state index contributed by atoms with van der Waals surface area (Å²) >= 11 is 0. The molecule has 1 amide bonds. The second kappa shape index (κ2) is 6.14. The average Bonchev–Trinajstić information content (AvgIpc) is 2.58. The maximum absolute atomic E-state index is 12.7. The van der Waals surface area contributed by atoms with Crippen molar-refractivity contribution in [1.82, 2.24) is 5.43 Å². The SMILES string of the molecule is CC1(C)C(=O)C(=NC2CCCCC2)NN(c2ccccc2)C1=O. The van der Waals surface area contributed by atoms with E-state index in [0.717, 1.165) is 31.4 Å². The van der Waals surface area contributed by atoms with E-state index in [2.05, 4.69) is 10.4 Å². The van der Waals surface area contributed by atoms with Gasteiger partial charge in [0.2, 0.25) is 5.78 Å². The summed E-state index contributed by atoms with van der Waals surface area (Å²) in [7, 11) is 0. The minimum atomic E-state index is -1.10. The Morgan fingerprint density at radius 2 is 1.74 bits per heavy atom. The number of hydrazine groups is 1. The number of benzene rings is 1. The molecule has 3 rings (SSSR count). The number of amides is 1. The summed E-state index contributed by atoms with van der Waals surface area (Å²) in [5.74, 6) is -0.165. The predicted molar refractivity (Wildman–Crippen MR) is 90.2 cm³/mol. The minimum Gasteiger partial charge on any atom is -0.289 e. The van der Waals surface area contributed by atoms with E-state index < -0.39 is 5.41 Å². The van der Waals surface area contributed by atoms with Gasteiger partial charge in [-0.25, -0.2) is 5.01 Å². The molecule has 2 aliphatic rings. The first kappa shape index (κ1) is 15.7. The van der Waals surface area contributed by atoms with Crippen LogP contribution in [0, 0.1) is 5.41 Å². The van der Waals surface area contributed by atoms with E-state index in [1.807, 2.05) is 30.3 Å². The fourth-order valence-electron chi connectivity index (χ4n) is 3.12. The van der Waals surface area contributed by atoms with Gasteiger partial charge < -0.3 is 0 Å². The van der Waals surface area contributed by atoms with Crippen molar-refractivity contribution in [3.05, 3.63) is 30.3 Å². The molecule has 0 aromatic heterocycles. The van der Waals surface area contributed by atoms with E-state index in [1.165, 1.54) is 11.4 Å². The maximum atomic E-state index is 12.7. The summed E-state index contributed by atoms with van der Waals surface area (Å²) in [6, 6.07) is 9.49. The molecule has 1 aliphatic carbocycles. The van der Waals surface area contributed by atoms with Gasteiger partial charge in [-0.3, -0.25) is 20.0 Å². The van der Waals surface area contributed by atoms with Gasteiger partial charge in [-0.15, -0.1) is 0 Å². The molecule has 1 aromatic rings. The Kier molecular flexibility index (Phi) is 4.20. The third-order valence-electron chi connectivity index (χ3n) is 4.64. The van der Waals surface area contributed by atoms with Crippen LogP contribution in [0.25, 0.3) is 0 Å². The first-order chi connectivity index (χ1) is 11.0. The van der Waals surface area contributed by atoms with Crippen LogP contribution in [-0.2, 0) is 9.59 Å². The van der Waals surface area contributed by atoms with Crippen molar-refractivity contribution >= 4 is 23.2 Å². The Morgan fingerprint density at radius 3 is 2.39 bits per heavy atom. The van der Waals surface area contributed by atoms with Crippen molar-refractivity contribution in [2.45, 2.75) is 52.0 Å². The molecule has 1 aliphatic heterocycles. The summed E-state index contributed by atoms with van der Waals surface area (Å²) in [5.41, 5.74) is 2.57. The summed E-state index contributed by atoms with van der Waals surface area (Å²) < 4.78 is 0. The first-order valence-electron chi connectivity index (χ1n) is 8.29. The molecule has 1 heterocycles. The lowest BCUT2D eigenvalue weighted by atomic mass is 9.84. The summed E-state index contributed by atoms with van der Waals surface area (Å²) in [5, 5.41) is 1.45. The molecule has 23 heavy (non-hydrogen) atoms. The van der Waals surface area contributed by atoms with Gasteiger partial charge in [0.15, 0.2) is 5.84 Å². The van der Waals surface area contributed by atoms with Crippen LogP contribution in [0.1, 0.15) is 46.0 Å². The minimum absolute atomic E-state index is 0.178. The highest BCUT2D eigenvalue weighted by Crippen LogP contribution is 2.28. The summed E-state index contributed by atoms with van der Waals surface area (Å²) in [4.78, 5) is 30.0. The second-order valence-electron chi connectivity index (χ2n) is 6.81. The molecule has 2 fully saturated rings. The van der Waals surface area contributed by atoms with Gasteiger partial charge in [0.1, 0.15) is 5.41 Å². The van der Waals surface area contributed by atoms with E-state index in [-0.39, 0.29) is 17.7 Å². The molecule has 0 unspecified atom stereocenters. The number of ketones is 1. The topological polar surface area (TPSA) is 61.8 Å². The summed E-state index contributed by atoms with van der Waals surface area (Å²) in [6.45, 7) is 3.34. The van der Waals surface area contributed by atoms with Crippen molar-refractivity contribution < 1.29 is 9.59 Å². The van der Waals surface area contributed by atoms with Crippen molar-refractivity contribution in [2.24, 2.45) is 10.4 Å². The van der Waals surface area contributed by atoms with Gasteiger partial charge in [0.25, 0.3) is 5.91 Å². The number of hydrogen-bond acceptors (Lipinski definition) is 3. The van der Waals surface area contributed by atoms with Crippen LogP contribution in [0.2, 0.25) is 0 Å². The number of hydrogen-bond donors (Lipinski definition) is 1. The Labute approximate surface area is 136 Å². The molecule has 122 valence electrons. The fraction of sp³-hybridized carbons (Fsp3) is 0.500. The molecular formula is C18H23N3O2. The molecule has 1 aromatic carbocycles. The van der Waals surface area contributed by atoms with Crippen LogP contribution < -0.4 is 10.4 Å². The fourth-order valence-corrected chi connectivity index (χ4v) is 3.12. The lowest BCUT2D eigenvalue weighted by Gasteiger charge is -2.37. The third-order valence-corrected chi connectivity index (χ3v) is 4.64. The molecule has 0 spiro atoms. The highest BCUT2D eigenvalue weighted by Gasteiger charge is 2.47. The van der Waals surface area contributed by atoms with E-state index in [0.29, 0.717) is 5.84 Å². The number of nitrogens with zero attached hydrogens (tertiary/aromatic N) is 2. The van der Waals surface area contributed by atoms with Crippen LogP contribution in [0.15, 0.2) is 35.3 Å². The second-order valence-corrected chi connectivity index (χ2v) is 6.81. The molecule has 5 heteroatoms. The lowest BCUT2D eigenvalue weighted by molar-refractivity contribution is -0.136. The number of Topliss-reactive ketones (excluding diaryl/α,β-unsaturated/α-hetero) is 1. The van der Waals surface area contributed by atoms with E-state index in [1.54, 1.807) is 13.8 Å². The highest BCUT2D eigenvalue weighted by molar-refractivity contribution is 6.47. The first-order valence-corrected chi connectivity index (χ1v) is 8.29. The van der Waals surface area contributed by atoms with Gasteiger partial charge in [-0.2, -0.15) is 0 Å². The number of anilines is 1. The number of para-hydroxylation sites is 1. The highest BCUT2D eigenvalue weighted by atomic mass is 16.2. The zero-order valence-electron chi connectivity index (χ0n) is 13.7. The Balaban J connectivity index is 1.92. The number of carbonyl (C=O) groups is 2. The van der Waals surface area contributed by atoms with Crippen molar-refractivity contribution in [1.29, 1.82) is 0 Å². The molecule has 1 saturated carbocycles. The normalized spacial score (nSPS) is 23.9. The van der Waals surface area contributed by atoms with Crippen LogP contribution in [0.5, 0.6) is 0 Å². The number of nitrogens with one attached hydrogen (secondary N) is 1. The monoisotopic (exact) mass is 313 g/mol.